The molecule has 0 aromatic carbocycles. The Kier molecular flexibility index (Phi) is 3.39. The molecule has 0 spiro atoms. The number of carbonyl (C=O) groups is 1. The van der Waals surface area contributed by atoms with Crippen molar-refractivity contribution in [1.29, 1.82) is 0 Å². The highest BCUT2D eigenvalue weighted by Gasteiger charge is 2.08. The highest BCUT2D eigenvalue weighted by atomic mass is 35.5. The molecule has 0 bridgehead atoms. The van der Waals surface area contributed by atoms with Crippen LogP contribution >= 0.6 is 11.6 Å². The summed E-state index contributed by atoms with van der Waals surface area (Å²) in [5, 5.41) is 0.403. The largest absolute Gasteiger partial charge is 0.458 e. The molecule has 2 aromatic heterocycles. The zero-order valence-electron chi connectivity index (χ0n) is 9.01. The average Bonchev–Trinajstić information content (AvgIpc) is 2.76. The lowest BCUT2D eigenvalue weighted by atomic mass is 10.3. The normalized spacial score (nSPS) is 10.2. The molecule has 0 atom stereocenters. The van der Waals surface area contributed by atoms with Crippen LogP contribution in [0.25, 0.3) is 11.5 Å². The Morgan fingerprint density at radius 2 is 2.24 bits per heavy atom. The molecule has 0 N–H and O–H groups in total. The summed E-state index contributed by atoms with van der Waals surface area (Å²) in [7, 11) is 0. The van der Waals surface area contributed by atoms with E-state index < -0.39 is 0 Å². The van der Waals surface area contributed by atoms with Crippen molar-refractivity contribution >= 4 is 17.6 Å². The molecule has 2 aromatic rings. The fourth-order valence-corrected chi connectivity index (χ4v) is 1.29. The van der Waals surface area contributed by atoms with Gasteiger partial charge in [-0.25, -0.2) is 9.97 Å². The van der Waals surface area contributed by atoms with Crippen LogP contribution in [0.3, 0.4) is 0 Å². The molecule has 2 heterocycles. The number of hydrogen-bond donors (Lipinski definition) is 0. The second-order valence-corrected chi connectivity index (χ2v) is 3.67. The van der Waals surface area contributed by atoms with Crippen molar-refractivity contribution in [3.8, 4) is 11.5 Å². The number of ether oxygens (including phenoxy) is 1. The molecule has 6 heteroatoms. The zero-order valence-corrected chi connectivity index (χ0v) is 9.77. The second kappa shape index (κ2) is 4.97. The number of rotatable bonds is 3. The Labute approximate surface area is 102 Å². The number of halogens is 1. The first kappa shape index (κ1) is 11.6. The summed E-state index contributed by atoms with van der Waals surface area (Å²) < 4.78 is 10.2. The van der Waals surface area contributed by atoms with E-state index >= 15 is 0 Å². The van der Waals surface area contributed by atoms with Crippen molar-refractivity contribution in [2.45, 2.75) is 13.5 Å². The number of aromatic nitrogens is 2. The van der Waals surface area contributed by atoms with Gasteiger partial charge in [-0.15, -0.1) is 0 Å². The molecule has 88 valence electrons. The molecule has 0 aliphatic heterocycles. The smallest absolute Gasteiger partial charge is 0.303 e. The summed E-state index contributed by atoms with van der Waals surface area (Å²) in [5.41, 5.74) is 0.712. The van der Waals surface area contributed by atoms with Crippen LogP contribution in [0.1, 0.15) is 12.7 Å². The van der Waals surface area contributed by atoms with E-state index in [1.165, 1.54) is 13.1 Å². The average molecular weight is 253 g/mol. The van der Waals surface area contributed by atoms with E-state index in [9.17, 15) is 4.79 Å². The van der Waals surface area contributed by atoms with Crippen LogP contribution in [-0.4, -0.2) is 15.9 Å². The van der Waals surface area contributed by atoms with E-state index in [0.29, 0.717) is 22.4 Å². The van der Waals surface area contributed by atoms with Crippen molar-refractivity contribution in [2.75, 3.05) is 0 Å². The van der Waals surface area contributed by atoms with Gasteiger partial charge < -0.3 is 9.15 Å². The van der Waals surface area contributed by atoms with Crippen molar-refractivity contribution in [3.63, 3.8) is 0 Å². The van der Waals surface area contributed by atoms with Crippen LogP contribution in [0.4, 0.5) is 0 Å². The van der Waals surface area contributed by atoms with Gasteiger partial charge in [-0.3, -0.25) is 4.79 Å². The maximum Gasteiger partial charge on any atom is 0.303 e. The molecule has 0 saturated carbocycles. The number of esters is 1. The molecule has 0 amide bonds. The second-order valence-electron chi connectivity index (χ2n) is 3.28. The minimum Gasteiger partial charge on any atom is -0.458 e. The maximum absolute atomic E-state index is 10.6. The summed E-state index contributed by atoms with van der Waals surface area (Å²) in [6, 6.07) is 3.39. The van der Waals surface area contributed by atoms with Crippen molar-refractivity contribution in [3.05, 3.63) is 35.4 Å². The van der Waals surface area contributed by atoms with Gasteiger partial charge in [0.05, 0.1) is 11.8 Å². The molecule has 0 saturated heterocycles. The molecule has 5 nitrogen and oxygen atoms in total. The topological polar surface area (TPSA) is 65.2 Å². The lowest BCUT2D eigenvalue weighted by Gasteiger charge is -1.97. The molecule has 0 radical (unpaired) electrons. The van der Waals surface area contributed by atoms with Crippen LogP contribution in [0.5, 0.6) is 0 Å². The highest BCUT2D eigenvalue weighted by Crippen LogP contribution is 2.19. The van der Waals surface area contributed by atoms with E-state index in [-0.39, 0.29) is 12.6 Å². The molecular weight excluding hydrogens is 244 g/mol. The molecular formula is C11H9ClN2O3. The summed E-state index contributed by atoms with van der Waals surface area (Å²) in [6.07, 6.45) is 3.07. The van der Waals surface area contributed by atoms with E-state index in [2.05, 4.69) is 9.97 Å². The van der Waals surface area contributed by atoms with Crippen LogP contribution in [0, 0.1) is 0 Å². The third kappa shape index (κ3) is 3.04. The van der Waals surface area contributed by atoms with Crippen molar-refractivity contribution in [2.24, 2.45) is 0 Å². The Morgan fingerprint density at radius 3 is 2.88 bits per heavy atom. The Bertz CT molecular complexity index is 522. The first-order valence-corrected chi connectivity index (χ1v) is 5.23. The van der Waals surface area contributed by atoms with Crippen molar-refractivity contribution < 1.29 is 13.9 Å². The third-order valence-electron chi connectivity index (χ3n) is 1.95. The van der Waals surface area contributed by atoms with E-state index in [1.54, 1.807) is 18.3 Å². The fourth-order valence-electron chi connectivity index (χ4n) is 1.18. The lowest BCUT2D eigenvalue weighted by Crippen LogP contribution is -1.97. The molecule has 0 fully saturated rings. The molecule has 17 heavy (non-hydrogen) atoms. The van der Waals surface area contributed by atoms with Crippen LogP contribution in [-0.2, 0) is 16.1 Å². The van der Waals surface area contributed by atoms with Gasteiger partial charge in [-0.1, -0.05) is 11.6 Å². The Hall–Kier alpha value is -1.88. The van der Waals surface area contributed by atoms with Gasteiger partial charge in [-0.2, -0.15) is 0 Å². The van der Waals surface area contributed by atoms with Gasteiger partial charge in [0.25, 0.3) is 0 Å². The number of carbonyl (C=O) groups excluding carboxylic acids is 1. The van der Waals surface area contributed by atoms with Gasteiger partial charge in [0, 0.05) is 13.1 Å². The summed E-state index contributed by atoms with van der Waals surface area (Å²) >= 11 is 5.67. The predicted molar refractivity (Wildman–Crippen MR) is 60.2 cm³/mol. The maximum atomic E-state index is 10.6. The highest BCUT2D eigenvalue weighted by molar-refractivity contribution is 6.29. The standard InChI is InChI=1S/C11H9ClN2O3/c1-7(15)16-6-9-5-14-11(17-9)8-2-3-10(12)13-4-8/h2-5H,6H2,1H3. The minimum atomic E-state index is -0.365. The molecule has 0 aliphatic rings. The Morgan fingerprint density at radius 1 is 1.41 bits per heavy atom. The minimum absolute atomic E-state index is 0.0728. The van der Waals surface area contributed by atoms with E-state index in [1.807, 2.05) is 0 Å². The van der Waals surface area contributed by atoms with E-state index in [4.69, 9.17) is 20.8 Å². The summed E-state index contributed by atoms with van der Waals surface area (Å²) in [5.74, 6) is 0.526. The Balaban J connectivity index is 2.12. The van der Waals surface area contributed by atoms with Crippen molar-refractivity contribution in [1.82, 2.24) is 9.97 Å². The lowest BCUT2D eigenvalue weighted by molar-refractivity contribution is -0.142. The van der Waals surface area contributed by atoms with Gasteiger partial charge in [0.2, 0.25) is 5.89 Å². The SMILES string of the molecule is CC(=O)OCc1cnc(-c2ccc(Cl)nc2)o1. The molecule has 2 rings (SSSR count). The molecule has 0 aliphatic carbocycles. The third-order valence-corrected chi connectivity index (χ3v) is 2.17. The number of oxazole rings is 1. The molecule has 0 unspecified atom stereocenters. The van der Waals surface area contributed by atoms with Gasteiger partial charge >= 0.3 is 5.97 Å². The number of pyridine rings is 1. The summed E-state index contributed by atoms with van der Waals surface area (Å²) in [4.78, 5) is 18.6. The van der Waals surface area contributed by atoms with E-state index in [0.717, 1.165) is 0 Å². The van der Waals surface area contributed by atoms with Gasteiger partial charge in [-0.05, 0) is 12.1 Å². The van der Waals surface area contributed by atoms with Crippen LogP contribution < -0.4 is 0 Å². The fraction of sp³-hybridized carbons (Fsp3) is 0.182. The predicted octanol–water partition coefficient (Wildman–Crippen LogP) is 2.45. The van der Waals surface area contributed by atoms with Crippen LogP contribution in [0.2, 0.25) is 5.15 Å². The number of hydrogen-bond acceptors (Lipinski definition) is 5. The quantitative estimate of drug-likeness (QED) is 0.620. The van der Waals surface area contributed by atoms with Gasteiger partial charge in [0.15, 0.2) is 12.4 Å². The van der Waals surface area contributed by atoms with Crippen LogP contribution in [0.15, 0.2) is 28.9 Å². The zero-order chi connectivity index (χ0) is 12.3. The monoisotopic (exact) mass is 252 g/mol. The first-order valence-electron chi connectivity index (χ1n) is 4.85. The summed E-state index contributed by atoms with van der Waals surface area (Å²) in [6.45, 7) is 1.41. The number of nitrogens with zero attached hydrogens (tertiary/aromatic N) is 2. The van der Waals surface area contributed by atoms with Gasteiger partial charge in [0.1, 0.15) is 5.15 Å². The first-order chi connectivity index (χ1) is 8.15.